The molecule has 0 saturated carbocycles. The van der Waals surface area contributed by atoms with E-state index in [-0.39, 0.29) is 0 Å². The zero-order valence-corrected chi connectivity index (χ0v) is 3.28. The first kappa shape index (κ1) is 2.19. The topological polar surface area (TPSA) is 3.24 Å². The Morgan fingerprint density at radius 2 is 2.60 bits per heavy atom. The Balaban J connectivity index is 2.01. The predicted octanol–water partition coefficient (Wildman–Crippen LogP) is 0.322. The average Bonchev–Trinajstić information content (AvgIpc) is 1.31. The summed E-state index contributed by atoms with van der Waals surface area (Å²) in [5.41, 5.74) is 0. The summed E-state index contributed by atoms with van der Waals surface area (Å²) < 4.78 is 6.79. The largest absolute Gasteiger partial charge is 0.306 e. The molecule has 1 heterocycles. The minimum absolute atomic E-state index is 0.500. The minimum Gasteiger partial charge on any atom is -0.306 e. The quantitative estimate of drug-likeness (QED) is 0.398. The van der Waals surface area contributed by atoms with Crippen LogP contribution in [0.3, 0.4) is 0 Å². The molecule has 1 nitrogen and oxygen atoms in total. The molecule has 0 aromatic heterocycles. The highest BCUT2D eigenvalue weighted by molar-refractivity contribution is 4.61. The fourth-order valence-corrected chi connectivity index (χ4v) is 0.382. The van der Waals surface area contributed by atoms with Crippen LogP contribution in [0.4, 0.5) is 0 Å². The summed E-state index contributed by atoms with van der Waals surface area (Å²) >= 11 is 0. The Hall–Kier alpha value is -0.0400. The summed E-state index contributed by atoms with van der Waals surface area (Å²) in [7, 11) is 0.500. The molecule has 0 radical (unpaired) electrons. The van der Waals surface area contributed by atoms with Crippen molar-refractivity contribution in [2.24, 2.45) is 0 Å². The Morgan fingerprint density at radius 3 is 2.60 bits per heavy atom. The fourth-order valence-electron chi connectivity index (χ4n) is 0.382. The van der Waals surface area contributed by atoms with E-state index >= 15 is 0 Å². The van der Waals surface area contributed by atoms with E-state index in [1.165, 1.54) is 6.42 Å². The summed E-state index contributed by atoms with van der Waals surface area (Å²) in [6, 6.07) is 0. The molecule has 30 valence electrons. The van der Waals surface area contributed by atoms with Crippen molar-refractivity contribution < 1.29 is 1.37 Å². The lowest BCUT2D eigenvalue weighted by atomic mass is 10.3. The van der Waals surface area contributed by atoms with Gasteiger partial charge in [0.25, 0.3) is 0 Å². The summed E-state index contributed by atoms with van der Waals surface area (Å²) in [5, 5.41) is 0. The molecule has 5 heavy (non-hydrogen) atoms. The lowest BCUT2D eigenvalue weighted by molar-refractivity contribution is 0.229. The molecule has 0 N–H and O–H groups in total. The summed E-state index contributed by atoms with van der Waals surface area (Å²) in [4.78, 5) is 2.10. The number of rotatable bonds is 0. The highest BCUT2D eigenvalue weighted by atomic mass is 15.1. The highest BCUT2D eigenvalue weighted by Crippen LogP contribution is 1.98. The summed E-state index contributed by atoms with van der Waals surface area (Å²) in [6.07, 6.45) is 1.30. The van der Waals surface area contributed by atoms with E-state index in [9.17, 15) is 0 Å². The van der Waals surface area contributed by atoms with Crippen molar-refractivity contribution in [3.05, 3.63) is 0 Å². The Labute approximate surface area is 34.0 Å². The van der Waals surface area contributed by atoms with Gasteiger partial charge in [-0.05, 0) is 26.5 Å². The first-order valence-electron chi connectivity index (χ1n) is 2.66. The second-order valence-electron chi connectivity index (χ2n) is 1.47. The lowest BCUT2D eigenvalue weighted by Gasteiger charge is -2.24. The second kappa shape index (κ2) is 0.977. The third-order valence-electron chi connectivity index (χ3n) is 0.949. The molecule has 1 saturated heterocycles. The maximum atomic E-state index is 6.79. The van der Waals surface area contributed by atoms with Crippen molar-refractivity contribution in [1.29, 1.82) is 0 Å². The van der Waals surface area contributed by atoms with Crippen molar-refractivity contribution in [3.63, 3.8) is 0 Å². The lowest BCUT2D eigenvalue weighted by Crippen LogP contribution is -2.32. The van der Waals surface area contributed by atoms with Gasteiger partial charge in [-0.1, -0.05) is 0 Å². The first-order valence-corrected chi connectivity index (χ1v) is 1.95. The molecule has 1 rings (SSSR count). The standard InChI is InChI=1S/C4H9N/c1-5-3-2-4-5/h2-4H2,1H3/i1D. The molecule has 0 spiro atoms. The summed E-state index contributed by atoms with van der Waals surface area (Å²) in [6.45, 7) is 2.31. The van der Waals surface area contributed by atoms with Gasteiger partial charge in [0.2, 0.25) is 0 Å². The molecular formula is C4H9N. The van der Waals surface area contributed by atoms with Crippen LogP contribution in [0.5, 0.6) is 0 Å². The molecule has 0 aromatic carbocycles. The van der Waals surface area contributed by atoms with Gasteiger partial charge in [0.05, 0.1) is 0 Å². The van der Waals surface area contributed by atoms with E-state index in [2.05, 4.69) is 4.90 Å². The minimum atomic E-state index is 0.500. The molecule has 0 bridgehead atoms. The van der Waals surface area contributed by atoms with Crippen LogP contribution in [-0.2, 0) is 0 Å². The molecule has 0 aliphatic carbocycles. The summed E-state index contributed by atoms with van der Waals surface area (Å²) in [5.74, 6) is 0. The van der Waals surface area contributed by atoms with Crippen molar-refractivity contribution >= 4 is 0 Å². The number of hydrogen-bond acceptors (Lipinski definition) is 1. The Morgan fingerprint density at radius 1 is 1.80 bits per heavy atom. The van der Waals surface area contributed by atoms with Gasteiger partial charge in [0.15, 0.2) is 0 Å². The number of likely N-dealkylation sites (tertiary alicyclic amines) is 1. The van der Waals surface area contributed by atoms with Gasteiger partial charge in [-0.25, -0.2) is 0 Å². The average molecular weight is 72.1 g/mol. The van der Waals surface area contributed by atoms with E-state index in [4.69, 9.17) is 1.37 Å². The van der Waals surface area contributed by atoms with Crippen molar-refractivity contribution in [2.45, 2.75) is 6.42 Å². The third-order valence-corrected chi connectivity index (χ3v) is 0.949. The highest BCUT2D eigenvalue weighted by Gasteiger charge is 2.04. The predicted molar refractivity (Wildman–Crippen MR) is 22.1 cm³/mol. The van der Waals surface area contributed by atoms with Crippen molar-refractivity contribution in [3.8, 4) is 0 Å². The van der Waals surface area contributed by atoms with Gasteiger partial charge < -0.3 is 4.90 Å². The van der Waals surface area contributed by atoms with Crippen LogP contribution in [0.15, 0.2) is 0 Å². The van der Waals surface area contributed by atoms with Gasteiger partial charge in [-0.15, -0.1) is 0 Å². The number of nitrogens with zero attached hydrogens (tertiary/aromatic N) is 1. The van der Waals surface area contributed by atoms with Crippen LogP contribution in [-0.4, -0.2) is 25.0 Å². The van der Waals surface area contributed by atoms with E-state index in [0.717, 1.165) is 13.1 Å². The third kappa shape index (κ3) is 0.428. The Bertz CT molecular complexity index is 40.1. The van der Waals surface area contributed by atoms with Crippen LogP contribution in [0, 0.1) is 0 Å². The number of hydrogen-bond donors (Lipinski definition) is 0. The maximum absolute atomic E-state index is 6.79. The van der Waals surface area contributed by atoms with Crippen molar-refractivity contribution in [1.82, 2.24) is 4.90 Å². The Kier molecular flexibility index (Phi) is 0.428. The molecule has 0 aromatic rings. The first-order chi connectivity index (χ1) is 2.93. The zero-order valence-electron chi connectivity index (χ0n) is 4.28. The van der Waals surface area contributed by atoms with Gasteiger partial charge in [-0.2, -0.15) is 0 Å². The molecule has 0 unspecified atom stereocenters. The van der Waals surface area contributed by atoms with E-state index in [0.29, 0.717) is 7.02 Å². The van der Waals surface area contributed by atoms with Crippen LogP contribution in [0.25, 0.3) is 0 Å². The zero-order chi connectivity index (χ0) is 4.41. The smallest absolute Gasteiger partial charge is 0.0394 e. The molecule has 1 aliphatic rings. The molecule has 0 amide bonds. The fraction of sp³-hybridized carbons (Fsp3) is 1.00. The van der Waals surface area contributed by atoms with Crippen LogP contribution in [0.1, 0.15) is 7.79 Å². The second-order valence-corrected chi connectivity index (χ2v) is 1.47. The molecule has 0 atom stereocenters. The van der Waals surface area contributed by atoms with Crippen LogP contribution >= 0.6 is 0 Å². The SMILES string of the molecule is [2H]CN1CCC1. The molecular weight excluding hydrogens is 62.1 g/mol. The maximum Gasteiger partial charge on any atom is 0.0394 e. The van der Waals surface area contributed by atoms with Gasteiger partial charge in [0.1, 0.15) is 0 Å². The normalized spacial score (nSPS) is 28.4. The van der Waals surface area contributed by atoms with E-state index in [1.807, 2.05) is 0 Å². The van der Waals surface area contributed by atoms with E-state index < -0.39 is 0 Å². The van der Waals surface area contributed by atoms with Gasteiger partial charge in [0, 0.05) is 1.37 Å². The van der Waals surface area contributed by atoms with Gasteiger partial charge in [-0.3, -0.25) is 0 Å². The monoisotopic (exact) mass is 72.1 g/mol. The van der Waals surface area contributed by atoms with Crippen molar-refractivity contribution in [2.75, 3.05) is 20.1 Å². The van der Waals surface area contributed by atoms with Crippen LogP contribution in [0.2, 0.25) is 0 Å². The van der Waals surface area contributed by atoms with E-state index in [1.54, 1.807) is 0 Å². The van der Waals surface area contributed by atoms with Gasteiger partial charge >= 0.3 is 0 Å². The molecule has 1 heteroatoms. The molecule has 1 aliphatic heterocycles. The van der Waals surface area contributed by atoms with Crippen LogP contribution < -0.4 is 0 Å². The molecule has 1 fully saturated rings.